The predicted octanol–water partition coefficient (Wildman–Crippen LogP) is 7.71. The minimum Gasteiger partial charge on any atom is -0.363 e. The van der Waals surface area contributed by atoms with Crippen molar-refractivity contribution in [3.63, 3.8) is 0 Å². The Labute approximate surface area is 185 Å². The maximum absolute atomic E-state index is 4.53. The Kier molecular flexibility index (Phi) is 4.75. The standard InChI is InChI=1S/C30H27N/c1-20(2)13-17-26-21(3)31(4)30-27-12-8-7-10-23(27)16-18-28(30)29(26)25-15-14-22-9-5-6-11-24(22)19-25/h5-19,30H,3H2,1-2,4H3/b26-17+. The molecule has 3 aromatic rings. The molecule has 0 amide bonds. The first-order chi connectivity index (χ1) is 15.0. The molecule has 31 heavy (non-hydrogen) atoms. The third-order valence-electron chi connectivity index (χ3n) is 6.33. The largest absolute Gasteiger partial charge is 0.363 e. The van der Waals surface area contributed by atoms with Crippen molar-refractivity contribution in [1.29, 1.82) is 0 Å². The summed E-state index contributed by atoms with van der Waals surface area (Å²) < 4.78 is 0. The van der Waals surface area contributed by atoms with E-state index in [1.807, 2.05) is 0 Å². The summed E-state index contributed by atoms with van der Waals surface area (Å²) >= 11 is 0. The normalized spacial score (nSPS) is 18.9. The van der Waals surface area contributed by atoms with Crippen molar-refractivity contribution in [1.82, 2.24) is 4.90 Å². The average Bonchev–Trinajstić information content (AvgIpc) is 2.79. The highest BCUT2D eigenvalue weighted by Gasteiger charge is 2.35. The fourth-order valence-electron chi connectivity index (χ4n) is 4.73. The maximum atomic E-state index is 4.53. The van der Waals surface area contributed by atoms with E-state index in [1.54, 1.807) is 0 Å². The van der Waals surface area contributed by atoms with Gasteiger partial charge in [-0.2, -0.15) is 0 Å². The zero-order chi connectivity index (χ0) is 21.5. The van der Waals surface area contributed by atoms with Crippen molar-refractivity contribution in [2.45, 2.75) is 19.9 Å². The second-order valence-electron chi connectivity index (χ2n) is 8.64. The van der Waals surface area contributed by atoms with Crippen molar-refractivity contribution in [3.8, 4) is 0 Å². The van der Waals surface area contributed by atoms with Crippen LogP contribution in [-0.2, 0) is 0 Å². The molecule has 1 aliphatic heterocycles. The van der Waals surface area contributed by atoms with Crippen LogP contribution in [0.4, 0.5) is 0 Å². The van der Waals surface area contributed by atoms with Gasteiger partial charge in [0.1, 0.15) is 0 Å². The molecule has 2 aliphatic rings. The van der Waals surface area contributed by atoms with E-state index in [-0.39, 0.29) is 6.04 Å². The highest BCUT2D eigenvalue weighted by atomic mass is 15.2. The smallest absolute Gasteiger partial charge is 0.0804 e. The SMILES string of the molecule is C=C1/C(=C\C=C(C)C)C(c2ccc3ccccc3c2)=C2C=Cc3ccccc3C2N1C. The molecule has 5 rings (SSSR count). The first-order valence-corrected chi connectivity index (χ1v) is 10.8. The van der Waals surface area contributed by atoms with E-state index >= 15 is 0 Å². The van der Waals surface area contributed by atoms with E-state index < -0.39 is 0 Å². The minimum absolute atomic E-state index is 0.166. The third kappa shape index (κ3) is 3.27. The van der Waals surface area contributed by atoms with Crippen LogP contribution < -0.4 is 0 Å². The molecule has 1 nitrogen and oxygen atoms in total. The number of hydrogen-bond donors (Lipinski definition) is 0. The van der Waals surface area contributed by atoms with E-state index in [2.05, 4.69) is 123 Å². The van der Waals surface area contributed by atoms with Crippen LogP contribution in [0.25, 0.3) is 22.4 Å². The Morgan fingerprint density at radius 1 is 0.903 bits per heavy atom. The van der Waals surface area contributed by atoms with Crippen LogP contribution in [0.3, 0.4) is 0 Å². The summed E-state index contributed by atoms with van der Waals surface area (Å²) in [7, 11) is 2.16. The van der Waals surface area contributed by atoms with Crippen molar-refractivity contribution < 1.29 is 0 Å². The minimum atomic E-state index is 0.166. The molecule has 1 unspecified atom stereocenters. The molecule has 0 spiro atoms. The van der Waals surface area contributed by atoms with Crippen LogP contribution in [0, 0.1) is 0 Å². The van der Waals surface area contributed by atoms with Crippen molar-refractivity contribution >= 4 is 22.4 Å². The quantitative estimate of drug-likeness (QED) is 0.425. The Bertz CT molecular complexity index is 1330. The molecule has 0 fully saturated rings. The number of rotatable bonds is 2. The van der Waals surface area contributed by atoms with Gasteiger partial charge >= 0.3 is 0 Å². The van der Waals surface area contributed by atoms with Gasteiger partial charge in [0.2, 0.25) is 0 Å². The fraction of sp³-hybridized carbons (Fsp3) is 0.133. The molecule has 0 saturated heterocycles. The van der Waals surface area contributed by atoms with Gasteiger partial charge in [-0.25, -0.2) is 0 Å². The van der Waals surface area contributed by atoms with Gasteiger partial charge in [0.25, 0.3) is 0 Å². The number of benzene rings is 3. The molecule has 0 bridgehead atoms. The zero-order valence-corrected chi connectivity index (χ0v) is 18.4. The zero-order valence-electron chi connectivity index (χ0n) is 18.4. The van der Waals surface area contributed by atoms with Crippen molar-refractivity contribution in [2.75, 3.05) is 7.05 Å². The Hall–Kier alpha value is -3.58. The number of nitrogens with zero attached hydrogens (tertiary/aromatic N) is 1. The lowest BCUT2D eigenvalue weighted by molar-refractivity contribution is 0.352. The van der Waals surface area contributed by atoms with Crippen LogP contribution in [0.2, 0.25) is 0 Å². The molecule has 1 heterocycles. The lowest BCUT2D eigenvalue weighted by Gasteiger charge is -2.42. The van der Waals surface area contributed by atoms with Crippen LogP contribution in [0.1, 0.15) is 36.6 Å². The molecule has 1 aliphatic carbocycles. The van der Waals surface area contributed by atoms with Gasteiger partial charge in [0.15, 0.2) is 0 Å². The first-order valence-electron chi connectivity index (χ1n) is 10.8. The van der Waals surface area contributed by atoms with Gasteiger partial charge < -0.3 is 4.90 Å². The third-order valence-corrected chi connectivity index (χ3v) is 6.33. The highest BCUT2D eigenvalue weighted by molar-refractivity contribution is 5.95. The molecule has 152 valence electrons. The number of fused-ring (bicyclic) bond motifs is 4. The summed E-state index contributed by atoms with van der Waals surface area (Å²) in [6, 6.07) is 24.2. The summed E-state index contributed by atoms with van der Waals surface area (Å²) in [5.41, 5.74) is 9.99. The molecule has 1 heteroatoms. The predicted molar refractivity (Wildman–Crippen MR) is 134 cm³/mol. The Morgan fingerprint density at radius 3 is 2.45 bits per heavy atom. The average molecular weight is 402 g/mol. The van der Waals surface area contributed by atoms with E-state index in [0.717, 1.165) is 5.70 Å². The van der Waals surface area contributed by atoms with Crippen LogP contribution in [0.5, 0.6) is 0 Å². The second kappa shape index (κ2) is 7.59. The van der Waals surface area contributed by atoms with Crippen LogP contribution in [0.15, 0.2) is 114 Å². The Morgan fingerprint density at radius 2 is 1.65 bits per heavy atom. The second-order valence-corrected chi connectivity index (χ2v) is 8.64. The van der Waals surface area contributed by atoms with E-state index in [1.165, 1.54) is 49.8 Å². The molecule has 0 radical (unpaired) electrons. The molecule has 0 aromatic heterocycles. The van der Waals surface area contributed by atoms with Gasteiger partial charge in [-0.3, -0.25) is 0 Å². The summed E-state index contributed by atoms with van der Waals surface area (Å²) in [5, 5.41) is 2.52. The van der Waals surface area contributed by atoms with Crippen LogP contribution in [-0.4, -0.2) is 11.9 Å². The molecule has 0 N–H and O–H groups in total. The molecular formula is C30H27N. The van der Waals surface area contributed by atoms with E-state index in [9.17, 15) is 0 Å². The maximum Gasteiger partial charge on any atom is 0.0804 e. The summed E-state index contributed by atoms with van der Waals surface area (Å²) in [6.45, 7) is 8.79. The number of hydrogen-bond acceptors (Lipinski definition) is 1. The fourth-order valence-corrected chi connectivity index (χ4v) is 4.73. The van der Waals surface area contributed by atoms with Gasteiger partial charge in [-0.05, 0) is 58.5 Å². The lowest BCUT2D eigenvalue weighted by Crippen LogP contribution is -2.32. The summed E-state index contributed by atoms with van der Waals surface area (Å²) in [5.74, 6) is 0. The van der Waals surface area contributed by atoms with Crippen LogP contribution >= 0.6 is 0 Å². The van der Waals surface area contributed by atoms with Gasteiger partial charge in [-0.1, -0.05) is 97.1 Å². The topological polar surface area (TPSA) is 3.24 Å². The summed E-state index contributed by atoms with van der Waals surface area (Å²) in [6.07, 6.45) is 8.98. The van der Waals surface area contributed by atoms with Gasteiger partial charge in [0.05, 0.1) is 6.04 Å². The van der Waals surface area contributed by atoms with Gasteiger partial charge in [-0.15, -0.1) is 0 Å². The van der Waals surface area contributed by atoms with Crippen molar-refractivity contribution in [3.05, 3.63) is 131 Å². The number of likely N-dealkylation sites (N-methyl/N-ethyl adjacent to an activating group) is 1. The molecule has 0 saturated carbocycles. The van der Waals surface area contributed by atoms with E-state index in [0.29, 0.717) is 0 Å². The Balaban J connectivity index is 1.82. The molecule has 3 aromatic carbocycles. The van der Waals surface area contributed by atoms with Gasteiger partial charge in [0, 0.05) is 18.3 Å². The first kappa shape index (κ1) is 19.4. The summed E-state index contributed by atoms with van der Waals surface area (Å²) in [4.78, 5) is 2.33. The monoisotopic (exact) mass is 401 g/mol. The van der Waals surface area contributed by atoms with E-state index in [4.69, 9.17) is 0 Å². The number of allylic oxidation sites excluding steroid dienone is 4. The lowest BCUT2D eigenvalue weighted by atomic mass is 9.77. The van der Waals surface area contributed by atoms with Crippen molar-refractivity contribution in [2.24, 2.45) is 0 Å². The highest BCUT2D eigenvalue weighted by Crippen LogP contribution is 2.49. The molecule has 1 atom stereocenters. The molecular weight excluding hydrogens is 374 g/mol.